The summed E-state index contributed by atoms with van der Waals surface area (Å²) in [7, 11) is 0. The molecule has 4 heteroatoms. The van der Waals surface area contributed by atoms with Gasteiger partial charge in [-0.15, -0.1) is 11.8 Å². The van der Waals surface area contributed by atoms with Gasteiger partial charge < -0.3 is 4.90 Å². The van der Waals surface area contributed by atoms with Crippen LogP contribution in [0.5, 0.6) is 0 Å². The van der Waals surface area contributed by atoms with Crippen LogP contribution < -0.4 is 0 Å². The van der Waals surface area contributed by atoms with Gasteiger partial charge >= 0.3 is 0 Å². The van der Waals surface area contributed by atoms with Gasteiger partial charge in [-0.2, -0.15) is 0 Å². The maximum atomic E-state index is 13.2. The van der Waals surface area contributed by atoms with E-state index >= 15 is 0 Å². The van der Waals surface area contributed by atoms with E-state index in [1.54, 1.807) is 18.0 Å². The van der Waals surface area contributed by atoms with E-state index in [0.29, 0.717) is 12.6 Å². The summed E-state index contributed by atoms with van der Waals surface area (Å²) in [5.41, 5.74) is 3.66. The number of carbonyl (C=O) groups is 1. The molecule has 4 rings (SSSR count). The van der Waals surface area contributed by atoms with Crippen LogP contribution in [-0.2, 0) is 17.8 Å². The van der Waals surface area contributed by atoms with E-state index in [0.717, 1.165) is 30.6 Å². The highest BCUT2D eigenvalue weighted by Gasteiger charge is 2.38. The Morgan fingerprint density at radius 2 is 2.09 bits per heavy atom. The summed E-state index contributed by atoms with van der Waals surface area (Å²) in [6.07, 6.45) is 6.97. The smallest absolute Gasteiger partial charge is 0.240 e. The maximum Gasteiger partial charge on any atom is 0.240 e. The Balaban J connectivity index is 1.59. The van der Waals surface area contributed by atoms with Gasteiger partial charge in [0.15, 0.2) is 0 Å². The molecule has 1 fully saturated rings. The maximum absolute atomic E-state index is 13.2. The first-order chi connectivity index (χ1) is 11.3. The van der Waals surface area contributed by atoms with Gasteiger partial charge in [-0.05, 0) is 47.8 Å². The highest BCUT2D eigenvalue weighted by Crippen LogP contribution is 2.40. The van der Waals surface area contributed by atoms with E-state index in [9.17, 15) is 4.79 Å². The molecule has 1 amide bonds. The predicted octanol–water partition coefficient (Wildman–Crippen LogP) is 3.60. The molecule has 0 N–H and O–H groups in total. The van der Waals surface area contributed by atoms with E-state index < -0.39 is 0 Å². The van der Waals surface area contributed by atoms with Crippen LogP contribution in [0, 0.1) is 0 Å². The minimum absolute atomic E-state index is 0.0442. The number of pyridine rings is 1. The SMILES string of the molecule is O=C(C1SCCc2ccccc21)N(Cc1cccnc1)C1CC1. The summed E-state index contributed by atoms with van der Waals surface area (Å²) in [5, 5.41) is -0.0442. The van der Waals surface area contributed by atoms with Crippen molar-refractivity contribution in [2.75, 3.05) is 5.75 Å². The molecule has 1 atom stereocenters. The molecule has 0 bridgehead atoms. The van der Waals surface area contributed by atoms with Crippen LogP contribution >= 0.6 is 11.8 Å². The molecule has 23 heavy (non-hydrogen) atoms. The van der Waals surface area contributed by atoms with Gasteiger partial charge in [0.05, 0.1) is 0 Å². The van der Waals surface area contributed by atoms with Crippen LogP contribution in [-0.4, -0.2) is 27.6 Å². The second-order valence-electron chi connectivity index (χ2n) is 6.26. The summed E-state index contributed by atoms with van der Waals surface area (Å²) in [4.78, 5) is 19.5. The Hall–Kier alpha value is -1.81. The molecule has 2 aliphatic rings. The first kappa shape index (κ1) is 14.8. The fourth-order valence-electron chi connectivity index (χ4n) is 3.21. The molecule has 0 saturated heterocycles. The number of benzene rings is 1. The van der Waals surface area contributed by atoms with Crippen molar-refractivity contribution in [3.05, 3.63) is 65.5 Å². The fraction of sp³-hybridized carbons (Fsp3) is 0.368. The van der Waals surface area contributed by atoms with Crippen molar-refractivity contribution >= 4 is 17.7 Å². The van der Waals surface area contributed by atoms with Crippen LogP contribution in [0.1, 0.15) is 34.8 Å². The largest absolute Gasteiger partial charge is 0.334 e. The molecule has 1 unspecified atom stereocenters. The first-order valence-corrected chi connectivity index (χ1v) is 9.26. The average Bonchev–Trinajstić information content (AvgIpc) is 3.44. The first-order valence-electron chi connectivity index (χ1n) is 8.22. The second kappa shape index (κ2) is 6.36. The molecule has 1 aliphatic heterocycles. The van der Waals surface area contributed by atoms with E-state index in [1.807, 2.05) is 18.3 Å². The number of aryl methyl sites for hydroxylation is 1. The summed E-state index contributed by atoms with van der Waals surface area (Å²) >= 11 is 1.79. The lowest BCUT2D eigenvalue weighted by atomic mass is 10.0. The minimum Gasteiger partial charge on any atom is -0.334 e. The zero-order chi connectivity index (χ0) is 15.6. The van der Waals surface area contributed by atoms with Crippen LogP contribution in [0.15, 0.2) is 48.8 Å². The Kier molecular flexibility index (Phi) is 4.08. The molecule has 2 heterocycles. The Morgan fingerprint density at radius 1 is 1.22 bits per heavy atom. The number of aromatic nitrogens is 1. The monoisotopic (exact) mass is 324 g/mol. The molecule has 2 aromatic rings. The predicted molar refractivity (Wildman–Crippen MR) is 93.2 cm³/mol. The van der Waals surface area contributed by atoms with Crippen molar-refractivity contribution in [1.82, 2.24) is 9.88 Å². The van der Waals surface area contributed by atoms with Crippen LogP contribution in [0.4, 0.5) is 0 Å². The van der Waals surface area contributed by atoms with Crippen molar-refractivity contribution in [3.8, 4) is 0 Å². The highest BCUT2D eigenvalue weighted by molar-refractivity contribution is 8.00. The quantitative estimate of drug-likeness (QED) is 0.861. The summed E-state index contributed by atoms with van der Waals surface area (Å²) in [5.74, 6) is 1.30. The zero-order valence-electron chi connectivity index (χ0n) is 13.0. The lowest BCUT2D eigenvalue weighted by Gasteiger charge is -2.30. The van der Waals surface area contributed by atoms with Crippen molar-refractivity contribution in [2.45, 2.75) is 37.1 Å². The van der Waals surface area contributed by atoms with Crippen molar-refractivity contribution in [2.24, 2.45) is 0 Å². The summed E-state index contributed by atoms with van der Waals surface area (Å²) in [6, 6.07) is 12.8. The average molecular weight is 324 g/mol. The topological polar surface area (TPSA) is 33.2 Å². The van der Waals surface area contributed by atoms with Gasteiger partial charge in [0.25, 0.3) is 0 Å². The van der Waals surface area contributed by atoms with Crippen molar-refractivity contribution < 1.29 is 4.79 Å². The van der Waals surface area contributed by atoms with E-state index in [2.05, 4.69) is 34.1 Å². The number of hydrogen-bond donors (Lipinski definition) is 0. The Labute approximate surface area is 141 Å². The normalized spacial score (nSPS) is 19.9. The molecule has 1 aromatic carbocycles. The number of thioether (sulfide) groups is 1. The van der Waals surface area contributed by atoms with Crippen LogP contribution in [0.25, 0.3) is 0 Å². The number of amides is 1. The standard InChI is InChI=1S/C19H20N2OS/c22-19(18-17-6-2-1-5-15(17)9-11-23-18)21(16-7-8-16)13-14-4-3-10-20-12-14/h1-6,10,12,16,18H,7-9,11,13H2. The third-order valence-corrected chi connectivity index (χ3v) is 5.79. The molecule has 118 valence electrons. The van der Waals surface area contributed by atoms with Gasteiger partial charge in [0.2, 0.25) is 5.91 Å². The number of carbonyl (C=O) groups excluding carboxylic acids is 1. The van der Waals surface area contributed by atoms with E-state index in [-0.39, 0.29) is 11.2 Å². The third kappa shape index (κ3) is 3.13. The number of fused-ring (bicyclic) bond motifs is 1. The van der Waals surface area contributed by atoms with Gasteiger partial charge in [0, 0.05) is 25.0 Å². The third-order valence-electron chi connectivity index (χ3n) is 4.56. The Bertz CT molecular complexity index is 700. The minimum atomic E-state index is -0.0442. The van der Waals surface area contributed by atoms with Gasteiger partial charge in [-0.1, -0.05) is 30.3 Å². The summed E-state index contributed by atoms with van der Waals surface area (Å²) < 4.78 is 0. The summed E-state index contributed by atoms with van der Waals surface area (Å²) in [6.45, 7) is 0.677. The molecular formula is C19H20N2OS. The molecule has 1 aromatic heterocycles. The van der Waals surface area contributed by atoms with E-state index in [4.69, 9.17) is 0 Å². The Morgan fingerprint density at radius 3 is 2.87 bits per heavy atom. The number of rotatable bonds is 4. The lowest BCUT2D eigenvalue weighted by Crippen LogP contribution is -2.36. The van der Waals surface area contributed by atoms with Crippen LogP contribution in [0.2, 0.25) is 0 Å². The molecular weight excluding hydrogens is 304 g/mol. The molecule has 0 radical (unpaired) electrons. The van der Waals surface area contributed by atoms with E-state index in [1.165, 1.54) is 11.1 Å². The number of nitrogens with zero attached hydrogens (tertiary/aromatic N) is 2. The molecule has 1 aliphatic carbocycles. The van der Waals surface area contributed by atoms with Gasteiger partial charge in [0.1, 0.15) is 5.25 Å². The molecule has 0 spiro atoms. The second-order valence-corrected chi connectivity index (χ2v) is 7.47. The highest BCUT2D eigenvalue weighted by atomic mass is 32.2. The van der Waals surface area contributed by atoms with Gasteiger partial charge in [-0.3, -0.25) is 9.78 Å². The van der Waals surface area contributed by atoms with Crippen molar-refractivity contribution in [3.63, 3.8) is 0 Å². The lowest BCUT2D eigenvalue weighted by molar-refractivity contribution is -0.132. The fourth-order valence-corrected chi connectivity index (χ4v) is 4.47. The molecule has 3 nitrogen and oxygen atoms in total. The zero-order valence-corrected chi connectivity index (χ0v) is 13.8. The van der Waals surface area contributed by atoms with Crippen LogP contribution in [0.3, 0.4) is 0 Å². The number of hydrogen-bond acceptors (Lipinski definition) is 3. The van der Waals surface area contributed by atoms with Crippen molar-refractivity contribution in [1.29, 1.82) is 0 Å². The van der Waals surface area contributed by atoms with Gasteiger partial charge in [-0.25, -0.2) is 0 Å². The molecule has 1 saturated carbocycles.